The highest BCUT2D eigenvalue weighted by molar-refractivity contribution is 5.57. The Morgan fingerprint density at radius 3 is 2.88 bits per heavy atom. The van der Waals surface area contributed by atoms with Crippen LogP contribution in [0.3, 0.4) is 0 Å². The van der Waals surface area contributed by atoms with E-state index in [1.807, 2.05) is 12.1 Å². The summed E-state index contributed by atoms with van der Waals surface area (Å²) in [4.78, 5) is 2.23. The molecule has 1 aromatic carbocycles. The van der Waals surface area contributed by atoms with Crippen molar-refractivity contribution in [2.24, 2.45) is 0 Å². The molecule has 88 valence electrons. The lowest BCUT2D eigenvalue weighted by atomic mass is 9.82. The van der Waals surface area contributed by atoms with Gasteiger partial charge in [0, 0.05) is 24.8 Å². The number of hydrogen-bond donors (Lipinski definition) is 1. The Morgan fingerprint density at radius 2 is 2.12 bits per heavy atom. The zero-order valence-corrected chi connectivity index (χ0v) is 10.2. The van der Waals surface area contributed by atoms with Crippen LogP contribution in [0, 0.1) is 0 Å². The van der Waals surface area contributed by atoms with E-state index in [9.17, 15) is 5.11 Å². The fourth-order valence-corrected chi connectivity index (χ4v) is 2.54. The highest BCUT2D eigenvalue weighted by Gasteiger charge is 2.35. The van der Waals surface area contributed by atoms with E-state index in [2.05, 4.69) is 31.0 Å². The maximum absolute atomic E-state index is 10.7. The molecule has 1 aliphatic heterocycles. The summed E-state index contributed by atoms with van der Waals surface area (Å²) in [5, 5.41) is 10.7. The second kappa shape index (κ2) is 4.46. The molecule has 0 aromatic heterocycles. The molecule has 2 nitrogen and oxygen atoms in total. The van der Waals surface area contributed by atoms with Crippen molar-refractivity contribution in [3.8, 4) is 0 Å². The van der Waals surface area contributed by atoms with Gasteiger partial charge in [0.15, 0.2) is 0 Å². The van der Waals surface area contributed by atoms with Crippen LogP contribution in [0.4, 0.5) is 5.69 Å². The van der Waals surface area contributed by atoms with Crippen LogP contribution < -0.4 is 4.90 Å². The van der Waals surface area contributed by atoms with E-state index in [1.165, 1.54) is 5.69 Å². The topological polar surface area (TPSA) is 23.5 Å². The van der Waals surface area contributed by atoms with Crippen molar-refractivity contribution in [2.45, 2.75) is 38.2 Å². The van der Waals surface area contributed by atoms with Gasteiger partial charge in [-0.1, -0.05) is 38.0 Å². The average molecular weight is 219 g/mol. The molecule has 0 saturated heterocycles. The molecule has 16 heavy (non-hydrogen) atoms. The van der Waals surface area contributed by atoms with Crippen molar-refractivity contribution >= 4 is 5.69 Å². The van der Waals surface area contributed by atoms with Gasteiger partial charge in [0.2, 0.25) is 0 Å². The number of aliphatic hydroxyl groups is 1. The standard InChI is InChI=1S/C14H21NO/c1-3-4-9-14(16)10-11-15(2)13-8-6-5-7-12(13)14/h5-8,16H,3-4,9-11H2,1-2H3/t14-/m1/s1. The van der Waals surface area contributed by atoms with E-state index < -0.39 is 5.60 Å². The van der Waals surface area contributed by atoms with Crippen molar-refractivity contribution in [1.82, 2.24) is 0 Å². The first kappa shape index (κ1) is 11.5. The summed E-state index contributed by atoms with van der Waals surface area (Å²) in [6.45, 7) is 3.11. The number of anilines is 1. The minimum absolute atomic E-state index is 0.598. The molecule has 1 aromatic rings. The molecule has 0 unspecified atom stereocenters. The second-order valence-corrected chi connectivity index (χ2v) is 4.82. The van der Waals surface area contributed by atoms with Crippen LogP contribution in [0.5, 0.6) is 0 Å². The average Bonchev–Trinajstić information content (AvgIpc) is 2.32. The first-order valence-corrected chi connectivity index (χ1v) is 6.20. The van der Waals surface area contributed by atoms with Crippen LogP contribution in [0.2, 0.25) is 0 Å². The van der Waals surface area contributed by atoms with Gasteiger partial charge < -0.3 is 10.0 Å². The predicted octanol–water partition coefficient (Wildman–Crippen LogP) is 2.90. The molecule has 0 saturated carbocycles. The fourth-order valence-electron chi connectivity index (χ4n) is 2.54. The van der Waals surface area contributed by atoms with Crippen LogP contribution >= 0.6 is 0 Å². The van der Waals surface area contributed by atoms with E-state index in [0.717, 1.165) is 37.8 Å². The Balaban J connectivity index is 2.33. The number of fused-ring (bicyclic) bond motifs is 1. The quantitative estimate of drug-likeness (QED) is 0.845. The molecule has 0 fully saturated rings. The van der Waals surface area contributed by atoms with Gasteiger partial charge in [-0.2, -0.15) is 0 Å². The minimum Gasteiger partial charge on any atom is -0.385 e. The van der Waals surface area contributed by atoms with E-state index in [4.69, 9.17) is 0 Å². The van der Waals surface area contributed by atoms with Crippen molar-refractivity contribution in [3.05, 3.63) is 29.8 Å². The van der Waals surface area contributed by atoms with E-state index in [-0.39, 0.29) is 0 Å². The van der Waals surface area contributed by atoms with Gasteiger partial charge in [0.05, 0.1) is 5.60 Å². The normalized spacial score (nSPS) is 24.3. The van der Waals surface area contributed by atoms with Crippen molar-refractivity contribution < 1.29 is 5.11 Å². The van der Waals surface area contributed by atoms with Crippen LogP contribution in [0.15, 0.2) is 24.3 Å². The molecule has 0 aliphatic carbocycles. The van der Waals surface area contributed by atoms with Crippen molar-refractivity contribution in [3.63, 3.8) is 0 Å². The Bertz CT molecular complexity index is 364. The van der Waals surface area contributed by atoms with Crippen molar-refractivity contribution in [2.75, 3.05) is 18.5 Å². The summed E-state index contributed by atoms with van der Waals surface area (Å²) in [6, 6.07) is 8.24. The molecule has 0 bridgehead atoms. The van der Waals surface area contributed by atoms with Gasteiger partial charge in [-0.15, -0.1) is 0 Å². The summed E-state index contributed by atoms with van der Waals surface area (Å²) < 4.78 is 0. The van der Waals surface area contributed by atoms with Gasteiger partial charge >= 0.3 is 0 Å². The first-order valence-electron chi connectivity index (χ1n) is 6.20. The molecule has 1 heterocycles. The van der Waals surface area contributed by atoms with Crippen LogP contribution in [-0.4, -0.2) is 18.7 Å². The molecule has 1 atom stereocenters. The maximum Gasteiger partial charge on any atom is 0.0933 e. The number of para-hydroxylation sites is 1. The summed E-state index contributed by atoms with van der Waals surface area (Å²) in [7, 11) is 2.10. The third-order valence-electron chi connectivity index (χ3n) is 3.62. The highest BCUT2D eigenvalue weighted by Crippen LogP contribution is 2.40. The second-order valence-electron chi connectivity index (χ2n) is 4.82. The molecule has 2 heteroatoms. The largest absolute Gasteiger partial charge is 0.385 e. The van der Waals surface area contributed by atoms with Crippen LogP contribution in [0.25, 0.3) is 0 Å². The highest BCUT2D eigenvalue weighted by atomic mass is 16.3. The number of benzene rings is 1. The van der Waals surface area contributed by atoms with Gasteiger partial charge in [0.1, 0.15) is 0 Å². The van der Waals surface area contributed by atoms with E-state index in [1.54, 1.807) is 0 Å². The third-order valence-corrected chi connectivity index (χ3v) is 3.62. The molecule has 0 radical (unpaired) electrons. The summed E-state index contributed by atoms with van der Waals surface area (Å²) in [5.74, 6) is 0. The number of nitrogens with zero attached hydrogens (tertiary/aromatic N) is 1. The lowest BCUT2D eigenvalue weighted by Crippen LogP contribution is -2.38. The van der Waals surface area contributed by atoms with Gasteiger partial charge in [-0.25, -0.2) is 0 Å². The van der Waals surface area contributed by atoms with Gasteiger partial charge in [0.25, 0.3) is 0 Å². The van der Waals surface area contributed by atoms with Gasteiger partial charge in [-0.05, 0) is 18.9 Å². The summed E-state index contributed by atoms with van der Waals surface area (Å²) in [5.41, 5.74) is 1.70. The molecule has 1 aliphatic rings. The maximum atomic E-state index is 10.7. The Morgan fingerprint density at radius 1 is 1.38 bits per heavy atom. The zero-order valence-electron chi connectivity index (χ0n) is 10.2. The van der Waals surface area contributed by atoms with E-state index >= 15 is 0 Å². The Labute approximate surface area is 97.9 Å². The monoisotopic (exact) mass is 219 g/mol. The first-order chi connectivity index (χ1) is 7.67. The fraction of sp³-hybridized carbons (Fsp3) is 0.571. The Kier molecular flexibility index (Phi) is 3.20. The summed E-state index contributed by atoms with van der Waals surface area (Å²) in [6.07, 6.45) is 3.96. The minimum atomic E-state index is -0.598. The van der Waals surface area contributed by atoms with Crippen LogP contribution in [-0.2, 0) is 5.60 Å². The molecular weight excluding hydrogens is 198 g/mol. The summed E-state index contributed by atoms with van der Waals surface area (Å²) >= 11 is 0. The van der Waals surface area contributed by atoms with Crippen molar-refractivity contribution in [1.29, 1.82) is 0 Å². The molecule has 1 N–H and O–H groups in total. The van der Waals surface area contributed by atoms with Gasteiger partial charge in [-0.3, -0.25) is 0 Å². The van der Waals surface area contributed by atoms with E-state index in [0.29, 0.717) is 0 Å². The van der Waals surface area contributed by atoms with Crippen LogP contribution in [0.1, 0.15) is 38.2 Å². The molecule has 0 amide bonds. The molecule has 0 spiro atoms. The number of hydrogen-bond acceptors (Lipinski definition) is 2. The Hall–Kier alpha value is -1.02. The zero-order chi connectivity index (χ0) is 11.6. The lowest BCUT2D eigenvalue weighted by molar-refractivity contribution is 0.0148. The molecule has 2 rings (SSSR count). The lowest BCUT2D eigenvalue weighted by Gasteiger charge is -2.39. The SMILES string of the molecule is CCCC[C@@]1(O)CCN(C)c2ccccc21. The number of rotatable bonds is 3. The predicted molar refractivity (Wildman–Crippen MR) is 67.8 cm³/mol. The number of unbranched alkanes of at least 4 members (excludes halogenated alkanes) is 1. The molecular formula is C14H21NO. The smallest absolute Gasteiger partial charge is 0.0933 e. The third kappa shape index (κ3) is 1.94.